The highest BCUT2D eigenvalue weighted by Gasteiger charge is 2.36. The van der Waals surface area contributed by atoms with Gasteiger partial charge < -0.3 is 14.6 Å². The van der Waals surface area contributed by atoms with Crippen LogP contribution in [0.15, 0.2) is 24.8 Å². The number of aryl methyl sites for hydroxylation is 1. The molecule has 0 unspecified atom stereocenters. The zero-order valence-corrected chi connectivity index (χ0v) is 12.1. The van der Waals surface area contributed by atoms with E-state index in [-0.39, 0.29) is 12.0 Å². The van der Waals surface area contributed by atoms with Crippen LogP contribution in [0.3, 0.4) is 0 Å². The lowest BCUT2D eigenvalue weighted by molar-refractivity contribution is -0.0448. The average molecular weight is 262 g/mol. The van der Waals surface area contributed by atoms with E-state index in [4.69, 9.17) is 9.47 Å². The van der Waals surface area contributed by atoms with Gasteiger partial charge in [0.05, 0.1) is 12.7 Å². The number of ether oxygens (including phenoxy) is 2. The summed E-state index contributed by atoms with van der Waals surface area (Å²) in [6.07, 6.45) is 2.41. The van der Waals surface area contributed by atoms with Gasteiger partial charge in [-0.05, 0) is 44.9 Å². The van der Waals surface area contributed by atoms with E-state index in [1.54, 1.807) is 21.0 Å². The highest BCUT2D eigenvalue weighted by atomic mass is 16.5. The first-order valence-electron chi connectivity index (χ1n) is 6.57. The molecule has 0 saturated heterocycles. The number of hydrogen-bond acceptors (Lipinski definition) is 3. The molecular formula is C16H22O3. The highest BCUT2D eigenvalue weighted by molar-refractivity contribution is 5.49. The van der Waals surface area contributed by atoms with Crippen LogP contribution >= 0.6 is 0 Å². The molecule has 3 heteroatoms. The SMILES string of the molecule is C=C[C@@H]1C[C@H](C(C)(C)O)Oc2cc(C)c(OC)cc21. The second kappa shape index (κ2) is 4.89. The van der Waals surface area contributed by atoms with E-state index in [2.05, 4.69) is 6.58 Å². The van der Waals surface area contributed by atoms with Gasteiger partial charge in [0, 0.05) is 11.5 Å². The van der Waals surface area contributed by atoms with E-state index in [1.807, 2.05) is 25.1 Å². The first kappa shape index (κ1) is 13.9. The molecule has 0 fully saturated rings. The summed E-state index contributed by atoms with van der Waals surface area (Å²) in [5.41, 5.74) is 1.24. The Bertz CT molecular complexity index is 486. The van der Waals surface area contributed by atoms with Gasteiger partial charge in [-0.1, -0.05) is 6.08 Å². The minimum atomic E-state index is -0.868. The summed E-state index contributed by atoms with van der Waals surface area (Å²) in [5.74, 6) is 1.85. The van der Waals surface area contributed by atoms with Crippen molar-refractivity contribution in [3.8, 4) is 11.5 Å². The molecule has 1 aromatic rings. The maximum absolute atomic E-state index is 10.2. The minimum absolute atomic E-state index is 0.176. The molecule has 1 heterocycles. The smallest absolute Gasteiger partial charge is 0.128 e. The van der Waals surface area contributed by atoms with Crippen LogP contribution in [0.1, 0.15) is 37.3 Å². The van der Waals surface area contributed by atoms with Gasteiger partial charge in [0.1, 0.15) is 17.6 Å². The minimum Gasteiger partial charge on any atom is -0.496 e. The Hall–Kier alpha value is -1.48. The predicted octanol–water partition coefficient (Wildman–Crippen LogP) is 3.20. The Labute approximate surface area is 114 Å². The van der Waals surface area contributed by atoms with E-state index in [0.29, 0.717) is 0 Å². The summed E-state index contributed by atoms with van der Waals surface area (Å²) in [6.45, 7) is 9.44. The second-order valence-corrected chi connectivity index (χ2v) is 5.70. The molecule has 0 saturated carbocycles. The van der Waals surface area contributed by atoms with Gasteiger partial charge in [-0.15, -0.1) is 6.58 Å². The fraction of sp³-hybridized carbons (Fsp3) is 0.500. The summed E-state index contributed by atoms with van der Waals surface area (Å²) >= 11 is 0. The number of rotatable bonds is 3. The van der Waals surface area contributed by atoms with Crippen molar-refractivity contribution in [1.29, 1.82) is 0 Å². The van der Waals surface area contributed by atoms with Crippen molar-refractivity contribution in [3.63, 3.8) is 0 Å². The van der Waals surface area contributed by atoms with Gasteiger partial charge in [0.25, 0.3) is 0 Å². The number of allylic oxidation sites excluding steroid dienone is 1. The van der Waals surface area contributed by atoms with Gasteiger partial charge >= 0.3 is 0 Å². The maximum atomic E-state index is 10.2. The number of hydrogen-bond donors (Lipinski definition) is 1. The van der Waals surface area contributed by atoms with Gasteiger partial charge in [-0.3, -0.25) is 0 Å². The molecule has 2 atom stereocenters. The van der Waals surface area contributed by atoms with Crippen LogP contribution in [-0.4, -0.2) is 23.9 Å². The highest BCUT2D eigenvalue weighted by Crippen LogP contribution is 2.42. The molecule has 0 spiro atoms. The Kier molecular flexibility index (Phi) is 3.59. The Morgan fingerprint density at radius 1 is 1.47 bits per heavy atom. The molecule has 1 aliphatic heterocycles. The third-order valence-corrected chi connectivity index (χ3v) is 3.74. The lowest BCUT2D eigenvalue weighted by Crippen LogP contribution is -2.43. The molecule has 1 aliphatic rings. The zero-order valence-electron chi connectivity index (χ0n) is 12.1. The number of aliphatic hydroxyl groups is 1. The van der Waals surface area contributed by atoms with Crippen LogP contribution in [0.5, 0.6) is 11.5 Å². The van der Waals surface area contributed by atoms with Crippen LogP contribution in [0.2, 0.25) is 0 Å². The molecule has 19 heavy (non-hydrogen) atoms. The molecular weight excluding hydrogens is 240 g/mol. The molecule has 0 bridgehead atoms. The third kappa shape index (κ3) is 2.61. The number of fused-ring (bicyclic) bond motifs is 1. The van der Waals surface area contributed by atoms with Crippen LogP contribution in [-0.2, 0) is 0 Å². The molecule has 0 aliphatic carbocycles. The maximum Gasteiger partial charge on any atom is 0.128 e. The van der Waals surface area contributed by atoms with Crippen LogP contribution in [0, 0.1) is 6.92 Å². The zero-order chi connectivity index (χ0) is 14.2. The topological polar surface area (TPSA) is 38.7 Å². The first-order valence-corrected chi connectivity index (χ1v) is 6.57. The van der Waals surface area contributed by atoms with E-state index in [9.17, 15) is 5.11 Å². The van der Waals surface area contributed by atoms with Crippen LogP contribution in [0.25, 0.3) is 0 Å². The van der Waals surface area contributed by atoms with Gasteiger partial charge in [-0.2, -0.15) is 0 Å². The molecule has 0 aromatic heterocycles. The molecule has 0 amide bonds. The summed E-state index contributed by atoms with van der Waals surface area (Å²) in [7, 11) is 1.67. The largest absolute Gasteiger partial charge is 0.496 e. The normalized spacial score (nSPS) is 22.4. The molecule has 0 radical (unpaired) electrons. The summed E-state index contributed by atoms with van der Waals surface area (Å²) in [4.78, 5) is 0. The van der Waals surface area contributed by atoms with Gasteiger partial charge in [0.2, 0.25) is 0 Å². The number of benzene rings is 1. The monoisotopic (exact) mass is 262 g/mol. The summed E-state index contributed by atoms with van der Waals surface area (Å²) < 4.78 is 11.3. The van der Waals surface area contributed by atoms with Crippen molar-refractivity contribution >= 4 is 0 Å². The fourth-order valence-electron chi connectivity index (χ4n) is 2.50. The molecule has 1 aromatic carbocycles. The lowest BCUT2D eigenvalue weighted by atomic mass is 9.84. The Morgan fingerprint density at radius 3 is 2.68 bits per heavy atom. The first-order chi connectivity index (χ1) is 8.86. The third-order valence-electron chi connectivity index (χ3n) is 3.74. The second-order valence-electron chi connectivity index (χ2n) is 5.70. The molecule has 3 nitrogen and oxygen atoms in total. The fourth-order valence-corrected chi connectivity index (χ4v) is 2.50. The average Bonchev–Trinajstić information content (AvgIpc) is 2.35. The standard InChI is InChI=1S/C16H22O3/c1-6-11-8-15(16(3,4)17)19-14-7-10(2)13(18-5)9-12(11)14/h6-7,9,11,15,17H,1,8H2,2-5H3/t11-,15-/m1/s1. The number of methoxy groups -OCH3 is 1. The van der Waals surface area contributed by atoms with Gasteiger partial charge in [0.15, 0.2) is 0 Å². The van der Waals surface area contributed by atoms with E-state index < -0.39 is 5.60 Å². The van der Waals surface area contributed by atoms with Gasteiger partial charge in [-0.25, -0.2) is 0 Å². The van der Waals surface area contributed by atoms with E-state index in [0.717, 1.165) is 29.0 Å². The molecule has 104 valence electrons. The van der Waals surface area contributed by atoms with Crippen molar-refractivity contribution in [3.05, 3.63) is 35.9 Å². The molecule has 1 N–H and O–H groups in total. The van der Waals surface area contributed by atoms with Crippen molar-refractivity contribution < 1.29 is 14.6 Å². The Balaban J connectivity index is 2.46. The van der Waals surface area contributed by atoms with Crippen molar-refractivity contribution in [1.82, 2.24) is 0 Å². The summed E-state index contributed by atoms with van der Waals surface area (Å²) in [5, 5.41) is 10.2. The van der Waals surface area contributed by atoms with Crippen molar-refractivity contribution in [2.24, 2.45) is 0 Å². The van der Waals surface area contributed by atoms with E-state index >= 15 is 0 Å². The summed E-state index contributed by atoms with van der Waals surface area (Å²) in [6, 6.07) is 3.99. The van der Waals surface area contributed by atoms with Crippen molar-refractivity contribution in [2.75, 3.05) is 7.11 Å². The van der Waals surface area contributed by atoms with Crippen molar-refractivity contribution in [2.45, 2.75) is 44.8 Å². The Morgan fingerprint density at radius 2 is 2.16 bits per heavy atom. The van der Waals surface area contributed by atoms with Crippen LogP contribution in [0.4, 0.5) is 0 Å². The van der Waals surface area contributed by atoms with Crippen LogP contribution < -0.4 is 9.47 Å². The van der Waals surface area contributed by atoms with E-state index in [1.165, 1.54) is 0 Å². The quantitative estimate of drug-likeness (QED) is 0.850. The lowest BCUT2D eigenvalue weighted by Gasteiger charge is -2.37. The predicted molar refractivity (Wildman–Crippen MR) is 76.0 cm³/mol. The molecule has 2 rings (SSSR count).